The molecule has 2 atom stereocenters. The summed E-state index contributed by atoms with van der Waals surface area (Å²) >= 11 is 0. The molecular weight excluding hydrogens is 226 g/mol. The van der Waals surface area contributed by atoms with Crippen LogP contribution in [0, 0.1) is 5.41 Å². The molecule has 0 saturated heterocycles. The van der Waals surface area contributed by atoms with Crippen molar-refractivity contribution in [2.45, 2.75) is 18.9 Å². The number of Topliss-reactive ketones (excluding diaryl/α,β-unsaturated/α-hetero) is 1. The summed E-state index contributed by atoms with van der Waals surface area (Å²) in [5.41, 5.74) is 6.55. The first-order valence-electron chi connectivity index (χ1n) is 6.00. The number of methoxy groups -OCH3 is 1. The first-order valence-corrected chi connectivity index (χ1v) is 6.00. The summed E-state index contributed by atoms with van der Waals surface area (Å²) in [6, 6.07) is -0.346. The maximum Gasteiger partial charge on any atom is 0.170 e. The maximum absolute atomic E-state index is 12.3. The van der Waals surface area contributed by atoms with Crippen LogP contribution in [0.2, 0.25) is 0 Å². The standard InChI is InChI=1S/C15H21NO2/c1-4-7-12-8-6-10-15(9-5-2,14(12)16)13(17)11-18-3/h4-6,8,10,14H,1-2,7,9,11,16H2,3H3. The topological polar surface area (TPSA) is 52.3 Å². The van der Waals surface area contributed by atoms with Crippen LogP contribution in [0.15, 0.2) is 49.1 Å². The van der Waals surface area contributed by atoms with E-state index in [4.69, 9.17) is 10.5 Å². The van der Waals surface area contributed by atoms with Gasteiger partial charge in [0.2, 0.25) is 0 Å². The van der Waals surface area contributed by atoms with Crippen LogP contribution in [-0.2, 0) is 9.53 Å². The van der Waals surface area contributed by atoms with Gasteiger partial charge in [-0.3, -0.25) is 4.79 Å². The highest BCUT2D eigenvalue weighted by atomic mass is 16.5. The highest BCUT2D eigenvalue weighted by Crippen LogP contribution is 2.37. The molecule has 1 aliphatic rings. The molecule has 3 nitrogen and oxygen atoms in total. The first-order chi connectivity index (χ1) is 8.62. The van der Waals surface area contributed by atoms with Gasteiger partial charge < -0.3 is 10.5 Å². The Bertz CT molecular complexity index is 395. The molecule has 0 radical (unpaired) electrons. The molecule has 0 fully saturated rings. The Kier molecular flexibility index (Phi) is 5.25. The van der Waals surface area contributed by atoms with Gasteiger partial charge in [-0.05, 0) is 18.4 Å². The Morgan fingerprint density at radius 1 is 1.56 bits per heavy atom. The van der Waals surface area contributed by atoms with Crippen molar-refractivity contribution in [1.82, 2.24) is 0 Å². The van der Waals surface area contributed by atoms with Crippen LogP contribution in [0.25, 0.3) is 0 Å². The van der Waals surface area contributed by atoms with Gasteiger partial charge in [-0.15, -0.1) is 13.2 Å². The van der Waals surface area contributed by atoms with E-state index < -0.39 is 5.41 Å². The predicted molar refractivity (Wildman–Crippen MR) is 74.1 cm³/mol. The molecule has 0 aliphatic heterocycles. The van der Waals surface area contributed by atoms with Crippen LogP contribution < -0.4 is 5.73 Å². The van der Waals surface area contributed by atoms with E-state index in [1.165, 1.54) is 7.11 Å². The summed E-state index contributed by atoms with van der Waals surface area (Å²) in [5.74, 6) is -0.0108. The minimum atomic E-state index is -0.731. The van der Waals surface area contributed by atoms with Crippen molar-refractivity contribution in [1.29, 1.82) is 0 Å². The molecule has 0 bridgehead atoms. The number of ether oxygens (including phenoxy) is 1. The van der Waals surface area contributed by atoms with E-state index in [1.807, 2.05) is 18.2 Å². The van der Waals surface area contributed by atoms with Crippen molar-refractivity contribution in [2.75, 3.05) is 13.7 Å². The molecule has 0 aromatic heterocycles. The van der Waals surface area contributed by atoms with Gasteiger partial charge in [0.05, 0.1) is 5.41 Å². The van der Waals surface area contributed by atoms with E-state index in [2.05, 4.69) is 13.2 Å². The highest BCUT2D eigenvalue weighted by molar-refractivity contribution is 5.90. The predicted octanol–water partition coefficient (Wildman–Crippen LogP) is 2.16. The monoisotopic (exact) mass is 247 g/mol. The van der Waals surface area contributed by atoms with Crippen molar-refractivity contribution < 1.29 is 9.53 Å². The van der Waals surface area contributed by atoms with E-state index >= 15 is 0 Å². The fourth-order valence-corrected chi connectivity index (χ4v) is 2.32. The van der Waals surface area contributed by atoms with Crippen molar-refractivity contribution in [3.8, 4) is 0 Å². The number of nitrogens with two attached hydrogens (primary N) is 1. The molecule has 0 aromatic rings. The fraction of sp³-hybridized carbons (Fsp3) is 0.400. The van der Waals surface area contributed by atoms with Crippen LogP contribution in [0.5, 0.6) is 0 Å². The average Bonchev–Trinajstić information content (AvgIpc) is 2.35. The summed E-state index contributed by atoms with van der Waals surface area (Å²) in [5, 5.41) is 0. The van der Waals surface area contributed by atoms with Gasteiger partial charge in [-0.2, -0.15) is 0 Å². The second-order valence-electron chi connectivity index (χ2n) is 4.46. The Morgan fingerprint density at radius 3 is 2.83 bits per heavy atom. The molecule has 0 saturated carbocycles. The molecule has 1 aliphatic carbocycles. The zero-order chi connectivity index (χ0) is 13.6. The summed E-state index contributed by atoms with van der Waals surface area (Å²) in [6.07, 6.45) is 10.4. The van der Waals surface area contributed by atoms with Crippen LogP contribution in [0.4, 0.5) is 0 Å². The van der Waals surface area contributed by atoms with Gasteiger partial charge in [-0.1, -0.05) is 30.4 Å². The third-order valence-electron chi connectivity index (χ3n) is 3.32. The van der Waals surface area contributed by atoms with Gasteiger partial charge in [-0.25, -0.2) is 0 Å². The number of ketones is 1. The Hall–Kier alpha value is -1.45. The van der Waals surface area contributed by atoms with E-state index in [9.17, 15) is 4.79 Å². The van der Waals surface area contributed by atoms with Gasteiger partial charge in [0.1, 0.15) is 6.61 Å². The van der Waals surface area contributed by atoms with Crippen molar-refractivity contribution in [2.24, 2.45) is 11.1 Å². The summed E-state index contributed by atoms with van der Waals surface area (Å²) in [7, 11) is 1.51. The third kappa shape index (κ3) is 2.68. The molecule has 3 heteroatoms. The van der Waals surface area contributed by atoms with Crippen LogP contribution >= 0.6 is 0 Å². The molecule has 2 unspecified atom stereocenters. The zero-order valence-corrected chi connectivity index (χ0v) is 10.9. The SMILES string of the molecule is C=CCC1=CC=CC(CC=C)(C(=O)COC)C1N. The van der Waals surface area contributed by atoms with Crippen molar-refractivity contribution >= 4 is 5.78 Å². The van der Waals surface area contributed by atoms with E-state index in [0.717, 1.165) is 5.57 Å². The second-order valence-corrected chi connectivity index (χ2v) is 4.46. The van der Waals surface area contributed by atoms with E-state index in [1.54, 1.807) is 12.2 Å². The minimum absolute atomic E-state index is 0.0108. The largest absolute Gasteiger partial charge is 0.377 e. The summed E-state index contributed by atoms with van der Waals surface area (Å²) < 4.78 is 4.96. The smallest absolute Gasteiger partial charge is 0.170 e. The Morgan fingerprint density at radius 2 is 2.28 bits per heavy atom. The lowest BCUT2D eigenvalue weighted by Gasteiger charge is -2.37. The lowest BCUT2D eigenvalue weighted by molar-refractivity contribution is -0.130. The average molecular weight is 247 g/mol. The van der Waals surface area contributed by atoms with E-state index in [0.29, 0.717) is 12.8 Å². The van der Waals surface area contributed by atoms with Crippen LogP contribution in [-0.4, -0.2) is 25.5 Å². The van der Waals surface area contributed by atoms with Gasteiger partial charge >= 0.3 is 0 Å². The molecule has 1 rings (SSSR count). The Labute approximate surface area is 109 Å². The van der Waals surface area contributed by atoms with Crippen LogP contribution in [0.1, 0.15) is 12.8 Å². The number of hydrogen-bond acceptors (Lipinski definition) is 3. The van der Waals surface area contributed by atoms with Crippen molar-refractivity contribution in [3.05, 3.63) is 49.1 Å². The second kappa shape index (κ2) is 6.47. The number of carbonyl (C=O) groups is 1. The third-order valence-corrected chi connectivity index (χ3v) is 3.32. The number of rotatable bonds is 7. The van der Waals surface area contributed by atoms with Crippen LogP contribution in [0.3, 0.4) is 0 Å². The summed E-state index contributed by atoms with van der Waals surface area (Å²) in [6.45, 7) is 7.50. The molecule has 18 heavy (non-hydrogen) atoms. The quantitative estimate of drug-likeness (QED) is 0.701. The van der Waals surface area contributed by atoms with Crippen molar-refractivity contribution in [3.63, 3.8) is 0 Å². The molecule has 2 N–H and O–H groups in total. The number of allylic oxidation sites excluding steroid dienone is 4. The van der Waals surface area contributed by atoms with Gasteiger partial charge in [0.15, 0.2) is 5.78 Å². The molecule has 0 heterocycles. The number of hydrogen-bond donors (Lipinski definition) is 1. The Balaban J connectivity index is 3.09. The van der Waals surface area contributed by atoms with Gasteiger partial charge in [0, 0.05) is 13.2 Å². The fourth-order valence-electron chi connectivity index (χ4n) is 2.32. The normalized spacial score (nSPS) is 26.6. The molecule has 0 spiro atoms. The lowest BCUT2D eigenvalue weighted by atomic mass is 9.68. The first kappa shape index (κ1) is 14.6. The minimum Gasteiger partial charge on any atom is -0.377 e. The molecule has 0 aromatic carbocycles. The zero-order valence-electron chi connectivity index (χ0n) is 10.9. The lowest BCUT2D eigenvalue weighted by Crippen LogP contribution is -2.49. The summed E-state index contributed by atoms with van der Waals surface area (Å²) in [4.78, 5) is 12.3. The van der Waals surface area contributed by atoms with E-state index in [-0.39, 0.29) is 18.4 Å². The maximum atomic E-state index is 12.3. The molecule has 0 amide bonds. The number of carbonyl (C=O) groups excluding carboxylic acids is 1. The molecular formula is C15H21NO2. The molecule has 98 valence electrons. The van der Waals surface area contributed by atoms with Gasteiger partial charge in [0.25, 0.3) is 0 Å². The highest BCUT2D eigenvalue weighted by Gasteiger charge is 2.42.